The van der Waals surface area contributed by atoms with Crippen molar-refractivity contribution in [2.75, 3.05) is 0 Å². The average molecular weight is 434 g/mol. The number of carbonyl (C=O) groups is 2. The fourth-order valence-corrected chi connectivity index (χ4v) is 4.83. The van der Waals surface area contributed by atoms with Crippen molar-refractivity contribution in [3.63, 3.8) is 0 Å². The molecule has 6 heteroatoms. The van der Waals surface area contributed by atoms with Crippen LogP contribution < -0.4 is 5.32 Å². The average Bonchev–Trinajstić information content (AvgIpc) is 3.49. The summed E-state index contributed by atoms with van der Waals surface area (Å²) in [6.45, 7) is 0.371. The van der Waals surface area contributed by atoms with Crippen molar-refractivity contribution in [3.05, 3.63) is 88.4 Å². The summed E-state index contributed by atoms with van der Waals surface area (Å²) in [6.07, 6.45) is 7.90. The summed E-state index contributed by atoms with van der Waals surface area (Å²) in [5.74, 6) is -0.178. The van der Waals surface area contributed by atoms with Crippen LogP contribution in [0.4, 0.5) is 0 Å². The van der Waals surface area contributed by atoms with Gasteiger partial charge in [-0.15, -0.1) is 11.3 Å². The Bertz CT molecular complexity index is 971. The maximum atomic E-state index is 13.5. The molecule has 0 radical (unpaired) electrons. The molecule has 1 fully saturated rings. The second kappa shape index (κ2) is 10.4. The van der Waals surface area contributed by atoms with Crippen molar-refractivity contribution in [2.24, 2.45) is 0 Å². The standard InChI is InChI=1S/C25H27N3O2S/c29-23(17-22-11-6-16-31-22)28(18-19-7-2-1-3-8-19)24(20-12-14-26-15-13-20)25(30)27-21-9-4-5-10-21/h1-3,6-8,11-16,21,24H,4-5,9-10,17-18H2,(H,27,30). The van der Waals surface area contributed by atoms with Crippen LogP contribution in [0.25, 0.3) is 0 Å². The summed E-state index contributed by atoms with van der Waals surface area (Å²) in [4.78, 5) is 33.8. The molecule has 0 aliphatic heterocycles. The molecule has 4 rings (SSSR count). The zero-order chi connectivity index (χ0) is 21.5. The van der Waals surface area contributed by atoms with Gasteiger partial charge in [-0.2, -0.15) is 0 Å². The molecule has 160 valence electrons. The van der Waals surface area contributed by atoms with Crippen LogP contribution >= 0.6 is 11.3 Å². The number of pyridine rings is 1. The van der Waals surface area contributed by atoms with E-state index in [9.17, 15) is 9.59 Å². The highest BCUT2D eigenvalue weighted by molar-refractivity contribution is 7.10. The van der Waals surface area contributed by atoms with E-state index in [1.165, 1.54) is 0 Å². The highest BCUT2D eigenvalue weighted by atomic mass is 32.1. The maximum Gasteiger partial charge on any atom is 0.247 e. The Balaban J connectivity index is 1.66. The Morgan fingerprint density at radius 2 is 1.77 bits per heavy atom. The van der Waals surface area contributed by atoms with E-state index < -0.39 is 6.04 Å². The van der Waals surface area contributed by atoms with Gasteiger partial charge in [-0.3, -0.25) is 14.6 Å². The Hall–Kier alpha value is -2.99. The number of rotatable bonds is 8. The van der Waals surface area contributed by atoms with Gasteiger partial charge in [0.2, 0.25) is 11.8 Å². The first-order chi connectivity index (χ1) is 15.2. The highest BCUT2D eigenvalue weighted by Gasteiger charge is 2.33. The minimum Gasteiger partial charge on any atom is -0.351 e. The largest absolute Gasteiger partial charge is 0.351 e. The topological polar surface area (TPSA) is 62.3 Å². The van der Waals surface area contributed by atoms with Crippen LogP contribution in [0.5, 0.6) is 0 Å². The summed E-state index contributed by atoms with van der Waals surface area (Å²) in [7, 11) is 0. The minimum absolute atomic E-state index is 0.0605. The summed E-state index contributed by atoms with van der Waals surface area (Å²) in [6, 6.07) is 16.9. The van der Waals surface area contributed by atoms with Crippen molar-refractivity contribution >= 4 is 23.2 Å². The van der Waals surface area contributed by atoms with Crippen LogP contribution in [0.1, 0.15) is 47.7 Å². The van der Waals surface area contributed by atoms with Crippen molar-refractivity contribution in [1.82, 2.24) is 15.2 Å². The molecule has 1 atom stereocenters. The molecule has 0 spiro atoms. The van der Waals surface area contributed by atoms with Crippen LogP contribution in [-0.2, 0) is 22.6 Å². The third-order valence-corrected chi connectivity index (χ3v) is 6.58. The van der Waals surface area contributed by atoms with E-state index in [0.29, 0.717) is 6.54 Å². The maximum absolute atomic E-state index is 13.5. The van der Waals surface area contributed by atoms with E-state index in [-0.39, 0.29) is 24.3 Å². The number of benzene rings is 1. The van der Waals surface area contributed by atoms with Gasteiger partial charge < -0.3 is 10.2 Å². The van der Waals surface area contributed by atoms with Gasteiger partial charge in [0.1, 0.15) is 6.04 Å². The van der Waals surface area contributed by atoms with E-state index >= 15 is 0 Å². The van der Waals surface area contributed by atoms with E-state index in [1.807, 2.05) is 60.0 Å². The lowest BCUT2D eigenvalue weighted by Crippen LogP contribution is -2.46. The van der Waals surface area contributed by atoms with Crippen molar-refractivity contribution in [1.29, 1.82) is 0 Å². The molecule has 1 unspecified atom stereocenters. The fraction of sp³-hybridized carbons (Fsp3) is 0.320. The third kappa shape index (κ3) is 5.58. The molecule has 0 saturated heterocycles. The van der Waals surface area contributed by atoms with E-state index in [0.717, 1.165) is 41.7 Å². The highest BCUT2D eigenvalue weighted by Crippen LogP contribution is 2.27. The number of aromatic nitrogens is 1. The molecular weight excluding hydrogens is 406 g/mol. The van der Waals surface area contributed by atoms with Crippen LogP contribution in [0.15, 0.2) is 72.4 Å². The SMILES string of the molecule is O=C(NC1CCCC1)C(c1ccncc1)N(Cc1ccccc1)C(=O)Cc1cccs1. The predicted molar refractivity (Wildman–Crippen MR) is 122 cm³/mol. The monoisotopic (exact) mass is 433 g/mol. The number of nitrogens with zero attached hydrogens (tertiary/aromatic N) is 2. The lowest BCUT2D eigenvalue weighted by atomic mass is 10.0. The van der Waals surface area contributed by atoms with Gasteiger partial charge in [0.15, 0.2) is 0 Å². The molecule has 5 nitrogen and oxygen atoms in total. The summed E-state index contributed by atoms with van der Waals surface area (Å²) in [5, 5.41) is 5.18. The molecule has 1 N–H and O–H groups in total. The van der Waals surface area contributed by atoms with Gasteiger partial charge in [0, 0.05) is 29.9 Å². The molecule has 1 saturated carbocycles. The van der Waals surface area contributed by atoms with Gasteiger partial charge in [-0.1, -0.05) is 49.2 Å². The van der Waals surface area contributed by atoms with E-state index in [2.05, 4.69) is 10.3 Å². The number of carbonyl (C=O) groups excluding carboxylic acids is 2. The van der Waals surface area contributed by atoms with Crippen LogP contribution in [-0.4, -0.2) is 27.7 Å². The van der Waals surface area contributed by atoms with Crippen LogP contribution in [0.2, 0.25) is 0 Å². The normalized spacial score (nSPS) is 14.8. The molecule has 3 aromatic rings. The number of hydrogen-bond donors (Lipinski definition) is 1. The molecule has 2 aromatic heterocycles. The van der Waals surface area contributed by atoms with Crippen molar-refractivity contribution in [3.8, 4) is 0 Å². The molecular formula is C25H27N3O2S. The molecule has 0 bridgehead atoms. The number of amides is 2. The minimum atomic E-state index is -0.698. The summed E-state index contributed by atoms with van der Waals surface area (Å²) < 4.78 is 0. The Morgan fingerprint density at radius 3 is 2.45 bits per heavy atom. The third-order valence-electron chi connectivity index (χ3n) is 5.71. The second-order valence-corrected chi connectivity index (χ2v) is 8.97. The first-order valence-corrected chi connectivity index (χ1v) is 11.6. The number of nitrogens with one attached hydrogen (secondary N) is 1. The van der Waals surface area contributed by atoms with Gasteiger partial charge in [-0.25, -0.2) is 0 Å². The smallest absolute Gasteiger partial charge is 0.247 e. The van der Waals surface area contributed by atoms with Gasteiger partial charge in [0.05, 0.1) is 6.42 Å². The van der Waals surface area contributed by atoms with Gasteiger partial charge in [-0.05, 0) is 47.5 Å². The van der Waals surface area contributed by atoms with Crippen LogP contribution in [0.3, 0.4) is 0 Å². The van der Waals surface area contributed by atoms with Crippen molar-refractivity contribution in [2.45, 2.75) is 50.7 Å². The van der Waals surface area contributed by atoms with Gasteiger partial charge >= 0.3 is 0 Å². The molecule has 1 aliphatic rings. The number of hydrogen-bond acceptors (Lipinski definition) is 4. The quantitative estimate of drug-likeness (QED) is 0.568. The summed E-state index contributed by atoms with van der Waals surface area (Å²) >= 11 is 1.56. The molecule has 31 heavy (non-hydrogen) atoms. The molecule has 1 aliphatic carbocycles. The number of thiophene rings is 1. The Labute approximate surface area is 187 Å². The zero-order valence-electron chi connectivity index (χ0n) is 17.4. The first-order valence-electron chi connectivity index (χ1n) is 10.8. The lowest BCUT2D eigenvalue weighted by molar-refractivity contribution is -0.141. The first kappa shape index (κ1) is 21.2. The zero-order valence-corrected chi connectivity index (χ0v) is 18.3. The predicted octanol–water partition coefficient (Wildman–Crippen LogP) is 4.51. The lowest BCUT2D eigenvalue weighted by Gasteiger charge is -2.32. The Morgan fingerprint density at radius 1 is 1.03 bits per heavy atom. The molecule has 2 heterocycles. The van der Waals surface area contributed by atoms with E-state index in [4.69, 9.17) is 0 Å². The van der Waals surface area contributed by atoms with Gasteiger partial charge in [0.25, 0.3) is 0 Å². The molecule has 2 amide bonds. The van der Waals surface area contributed by atoms with Crippen LogP contribution in [0, 0.1) is 0 Å². The van der Waals surface area contributed by atoms with Crippen molar-refractivity contribution < 1.29 is 9.59 Å². The van der Waals surface area contributed by atoms with E-state index in [1.54, 1.807) is 28.6 Å². The fourth-order valence-electron chi connectivity index (χ4n) is 4.14. The summed E-state index contributed by atoms with van der Waals surface area (Å²) in [5.41, 5.74) is 1.77. The second-order valence-electron chi connectivity index (χ2n) is 7.94. The molecule has 1 aromatic carbocycles. The Kier molecular flexibility index (Phi) is 7.10.